The molecule has 2 nitrogen and oxygen atoms in total. The zero-order valence-electron chi connectivity index (χ0n) is 25.3. The van der Waals surface area contributed by atoms with Gasteiger partial charge in [0.25, 0.3) is 0 Å². The molecule has 2 heteroatoms. The van der Waals surface area contributed by atoms with Gasteiger partial charge in [0.05, 0.1) is 11.2 Å². The Morgan fingerprint density at radius 1 is 0.444 bits per heavy atom. The van der Waals surface area contributed by atoms with Crippen LogP contribution >= 0.6 is 0 Å². The molecule has 1 heterocycles. The summed E-state index contributed by atoms with van der Waals surface area (Å²) in [5.74, 6) is 0.733. The summed E-state index contributed by atoms with van der Waals surface area (Å²) in [5, 5.41) is 5.97. The zero-order chi connectivity index (χ0) is 30.1. The van der Waals surface area contributed by atoms with E-state index >= 15 is 0 Å². The minimum absolute atomic E-state index is 0.0226. The molecular weight excluding hydrogens is 544 g/mol. The number of fused-ring (bicyclic) bond motifs is 7. The monoisotopic (exact) mass is 574 g/mol. The summed E-state index contributed by atoms with van der Waals surface area (Å²) >= 11 is 0. The van der Waals surface area contributed by atoms with Gasteiger partial charge in [-0.1, -0.05) is 129 Å². The summed E-state index contributed by atoms with van der Waals surface area (Å²) < 4.78 is 0. The van der Waals surface area contributed by atoms with Gasteiger partial charge in [-0.3, -0.25) is 0 Å². The Hall–Kier alpha value is -5.60. The molecule has 7 aromatic carbocycles. The Labute approximate surface area is 262 Å². The molecule has 1 aliphatic rings. The van der Waals surface area contributed by atoms with E-state index in [1.165, 1.54) is 49.4 Å². The molecule has 1 aliphatic carbocycles. The maximum absolute atomic E-state index is 5.24. The maximum atomic E-state index is 5.24. The van der Waals surface area contributed by atoms with Gasteiger partial charge in [0, 0.05) is 21.9 Å². The van der Waals surface area contributed by atoms with Crippen LogP contribution in [0.5, 0.6) is 0 Å². The minimum Gasteiger partial charge on any atom is -0.228 e. The lowest BCUT2D eigenvalue weighted by atomic mass is 9.82. The predicted octanol–water partition coefficient (Wildman–Crippen LogP) is 11.2. The number of hydrogen-bond donors (Lipinski definition) is 0. The molecule has 0 aliphatic heterocycles. The van der Waals surface area contributed by atoms with Crippen LogP contribution < -0.4 is 0 Å². The molecule has 0 saturated carbocycles. The number of nitrogens with zero attached hydrogens (tertiary/aromatic N) is 2. The van der Waals surface area contributed by atoms with Crippen molar-refractivity contribution in [2.24, 2.45) is 0 Å². The molecule has 9 rings (SSSR count). The van der Waals surface area contributed by atoms with Gasteiger partial charge in [0.15, 0.2) is 5.82 Å². The minimum atomic E-state index is -0.0226. The van der Waals surface area contributed by atoms with Crippen LogP contribution in [0, 0.1) is 0 Å². The molecule has 45 heavy (non-hydrogen) atoms. The first kappa shape index (κ1) is 25.9. The number of benzene rings is 7. The molecule has 0 N–H and O–H groups in total. The fraction of sp³-hybridized carbons (Fsp3) is 0.0698. The normalized spacial score (nSPS) is 13.3. The van der Waals surface area contributed by atoms with Crippen molar-refractivity contribution in [3.05, 3.63) is 157 Å². The topological polar surface area (TPSA) is 25.8 Å². The van der Waals surface area contributed by atoms with Crippen molar-refractivity contribution >= 4 is 32.4 Å². The van der Waals surface area contributed by atoms with Crippen LogP contribution in [0.4, 0.5) is 0 Å². The first-order valence-corrected chi connectivity index (χ1v) is 15.6. The highest BCUT2D eigenvalue weighted by Crippen LogP contribution is 2.50. The Morgan fingerprint density at radius 2 is 1.18 bits per heavy atom. The Balaban J connectivity index is 1.18. The quantitative estimate of drug-likeness (QED) is 0.196. The highest BCUT2D eigenvalue weighted by Gasteiger charge is 2.35. The highest BCUT2D eigenvalue weighted by molar-refractivity contribution is 6.12. The Kier molecular flexibility index (Phi) is 5.58. The average molecular weight is 575 g/mol. The predicted molar refractivity (Wildman–Crippen MR) is 188 cm³/mol. The van der Waals surface area contributed by atoms with E-state index in [1.54, 1.807) is 0 Å². The van der Waals surface area contributed by atoms with E-state index in [0.717, 1.165) is 39.1 Å². The second-order valence-corrected chi connectivity index (χ2v) is 12.7. The van der Waals surface area contributed by atoms with E-state index in [9.17, 15) is 0 Å². The lowest BCUT2D eigenvalue weighted by Gasteiger charge is -2.21. The largest absolute Gasteiger partial charge is 0.228 e. The fourth-order valence-electron chi connectivity index (χ4n) is 7.30. The molecule has 0 amide bonds. The van der Waals surface area contributed by atoms with Gasteiger partial charge < -0.3 is 0 Å². The van der Waals surface area contributed by atoms with E-state index in [0.29, 0.717) is 0 Å². The maximum Gasteiger partial charge on any atom is 0.160 e. The summed E-state index contributed by atoms with van der Waals surface area (Å²) in [7, 11) is 0. The van der Waals surface area contributed by atoms with Gasteiger partial charge in [-0.05, 0) is 85.3 Å². The van der Waals surface area contributed by atoms with E-state index in [4.69, 9.17) is 9.97 Å². The molecule has 0 spiro atoms. The van der Waals surface area contributed by atoms with E-state index in [-0.39, 0.29) is 5.41 Å². The third-order valence-corrected chi connectivity index (χ3v) is 9.63. The standard InChI is InChI=1S/C43H30N2/c1-43(2)37-18-9-8-17-35(37)36-25-31-20-19-30(24-33(31)26-38(36)43)29-14-10-15-32(23-29)42-44-39-22-21-27-11-6-7-16-34(27)40(39)41(45-42)28-12-4-3-5-13-28/h3-26H,1-2H3. The van der Waals surface area contributed by atoms with Gasteiger partial charge in [-0.15, -0.1) is 0 Å². The zero-order valence-corrected chi connectivity index (χ0v) is 25.3. The second-order valence-electron chi connectivity index (χ2n) is 12.7. The summed E-state index contributed by atoms with van der Waals surface area (Å²) in [4.78, 5) is 10.4. The first-order chi connectivity index (χ1) is 22.0. The van der Waals surface area contributed by atoms with Crippen LogP contribution in [0.25, 0.3) is 77.3 Å². The summed E-state index contributed by atoms with van der Waals surface area (Å²) in [6.45, 7) is 4.68. The summed E-state index contributed by atoms with van der Waals surface area (Å²) in [6, 6.07) is 52.3. The second kappa shape index (κ2) is 9.70. The van der Waals surface area contributed by atoms with Gasteiger partial charge in [0.1, 0.15) is 0 Å². The van der Waals surface area contributed by atoms with Gasteiger partial charge in [-0.2, -0.15) is 0 Å². The smallest absolute Gasteiger partial charge is 0.160 e. The molecule has 0 fully saturated rings. The molecule has 1 aromatic heterocycles. The van der Waals surface area contributed by atoms with Crippen LogP contribution in [-0.2, 0) is 5.41 Å². The van der Waals surface area contributed by atoms with Crippen molar-refractivity contribution in [1.82, 2.24) is 9.97 Å². The van der Waals surface area contributed by atoms with Crippen molar-refractivity contribution < 1.29 is 0 Å². The Bertz CT molecular complexity index is 2450. The van der Waals surface area contributed by atoms with Crippen LogP contribution in [-0.4, -0.2) is 9.97 Å². The van der Waals surface area contributed by atoms with Crippen molar-refractivity contribution in [3.8, 4) is 44.9 Å². The van der Waals surface area contributed by atoms with E-state index in [1.807, 2.05) is 6.07 Å². The van der Waals surface area contributed by atoms with Crippen LogP contribution in [0.1, 0.15) is 25.0 Å². The average Bonchev–Trinajstić information content (AvgIpc) is 3.32. The number of rotatable bonds is 3. The van der Waals surface area contributed by atoms with Crippen LogP contribution in [0.3, 0.4) is 0 Å². The molecule has 0 unspecified atom stereocenters. The van der Waals surface area contributed by atoms with Gasteiger partial charge >= 0.3 is 0 Å². The molecule has 0 bridgehead atoms. The van der Waals surface area contributed by atoms with Crippen LogP contribution in [0.15, 0.2) is 146 Å². The van der Waals surface area contributed by atoms with Gasteiger partial charge in [-0.25, -0.2) is 9.97 Å². The fourth-order valence-corrected chi connectivity index (χ4v) is 7.30. The van der Waals surface area contributed by atoms with E-state index < -0.39 is 0 Å². The molecular formula is C43H30N2. The summed E-state index contributed by atoms with van der Waals surface area (Å²) in [5.41, 5.74) is 11.8. The molecule has 0 radical (unpaired) electrons. The van der Waals surface area contributed by atoms with Crippen molar-refractivity contribution in [1.29, 1.82) is 0 Å². The Morgan fingerprint density at radius 3 is 2.09 bits per heavy atom. The third kappa shape index (κ3) is 4.03. The van der Waals surface area contributed by atoms with Crippen molar-refractivity contribution in [3.63, 3.8) is 0 Å². The lowest BCUT2D eigenvalue weighted by Crippen LogP contribution is -2.14. The third-order valence-electron chi connectivity index (χ3n) is 9.63. The summed E-state index contributed by atoms with van der Waals surface area (Å²) in [6.07, 6.45) is 0. The molecule has 0 atom stereocenters. The van der Waals surface area contributed by atoms with Crippen molar-refractivity contribution in [2.45, 2.75) is 19.3 Å². The lowest BCUT2D eigenvalue weighted by molar-refractivity contribution is 0.661. The van der Waals surface area contributed by atoms with Crippen molar-refractivity contribution in [2.75, 3.05) is 0 Å². The van der Waals surface area contributed by atoms with Gasteiger partial charge in [0.2, 0.25) is 0 Å². The van der Waals surface area contributed by atoms with Crippen LogP contribution in [0.2, 0.25) is 0 Å². The number of hydrogen-bond acceptors (Lipinski definition) is 2. The SMILES string of the molecule is CC1(C)c2ccccc2-c2cc3ccc(-c4cccc(-c5nc(-c6ccccc6)c6c(ccc7ccccc76)n5)c4)cc3cc21. The molecule has 0 saturated heterocycles. The first-order valence-electron chi connectivity index (χ1n) is 15.6. The molecule has 212 valence electrons. The molecule has 8 aromatic rings. The highest BCUT2D eigenvalue weighted by atomic mass is 14.9. The van der Waals surface area contributed by atoms with E-state index in [2.05, 4.69) is 153 Å². The number of aromatic nitrogens is 2.